The van der Waals surface area contributed by atoms with E-state index in [1.165, 1.54) is 4.68 Å². The minimum atomic E-state index is -0.223. The van der Waals surface area contributed by atoms with E-state index < -0.39 is 0 Å². The number of hydrogen-bond acceptors (Lipinski definition) is 3. The minimum absolute atomic E-state index is 0.223. The highest BCUT2D eigenvalue weighted by atomic mass is 32.1. The zero-order chi connectivity index (χ0) is 14.8. The van der Waals surface area contributed by atoms with Gasteiger partial charge in [-0.1, -0.05) is 36.4 Å². The van der Waals surface area contributed by atoms with Crippen LogP contribution in [0.1, 0.15) is 11.1 Å². The van der Waals surface area contributed by atoms with E-state index in [1.807, 2.05) is 49.4 Å². The summed E-state index contributed by atoms with van der Waals surface area (Å²) in [7, 11) is 0. The molecule has 0 saturated heterocycles. The molecule has 2 aromatic carbocycles. The molecule has 0 unspecified atom stereocenters. The second-order valence-electron chi connectivity index (χ2n) is 4.69. The van der Waals surface area contributed by atoms with E-state index in [1.54, 1.807) is 12.3 Å². The highest BCUT2D eigenvalue weighted by Crippen LogP contribution is 2.07. The predicted molar refractivity (Wildman–Crippen MR) is 87.6 cm³/mol. The average molecular weight is 295 g/mol. The number of aromatic amines is 1. The van der Waals surface area contributed by atoms with E-state index in [0.29, 0.717) is 5.39 Å². The van der Waals surface area contributed by atoms with Gasteiger partial charge in [-0.3, -0.25) is 4.79 Å². The van der Waals surface area contributed by atoms with Gasteiger partial charge in [0.15, 0.2) is 0 Å². The molecule has 0 aliphatic heterocycles. The summed E-state index contributed by atoms with van der Waals surface area (Å²) in [4.78, 5) is 15.4. The number of rotatable bonds is 2. The van der Waals surface area contributed by atoms with Crippen LogP contribution in [0.4, 0.5) is 0 Å². The number of aryl methyl sites for hydroxylation is 1. The monoisotopic (exact) mass is 295 g/mol. The average Bonchev–Trinajstić information content (AvgIpc) is 2.49. The summed E-state index contributed by atoms with van der Waals surface area (Å²) >= 11 is 5.21. The van der Waals surface area contributed by atoms with Crippen LogP contribution in [0.5, 0.6) is 0 Å². The Bertz CT molecular complexity index is 953. The maximum Gasteiger partial charge on any atom is 0.282 e. The highest BCUT2D eigenvalue weighted by molar-refractivity contribution is 7.71. The van der Waals surface area contributed by atoms with Crippen LogP contribution in [-0.4, -0.2) is 15.9 Å². The standard InChI is InChI=1S/C16H13N3OS/c1-11-6-2-3-7-12(11)10-17-19-15(20)13-8-4-5-9-14(13)18-16(19)21/h2-10H,1H3,(H,18,21)/b17-10-. The van der Waals surface area contributed by atoms with Gasteiger partial charge in [-0.25, -0.2) is 0 Å². The lowest BCUT2D eigenvalue weighted by molar-refractivity contribution is 0.799. The molecule has 0 aliphatic carbocycles. The van der Waals surface area contributed by atoms with Gasteiger partial charge in [0.05, 0.1) is 17.1 Å². The fourth-order valence-electron chi connectivity index (χ4n) is 2.11. The van der Waals surface area contributed by atoms with Crippen molar-refractivity contribution < 1.29 is 0 Å². The molecule has 0 fully saturated rings. The second kappa shape index (κ2) is 5.46. The smallest absolute Gasteiger partial charge is 0.282 e. The number of aromatic nitrogens is 2. The first kappa shape index (κ1) is 13.5. The SMILES string of the molecule is Cc1ccccc1/C=N\n1c(=S)[nH]c2ccccc2c1=O. The molecule has 0 spiro atoms. The summed E-state index contributed by atoms with van der Waals surface area (Å²) < 4.78 is 1.49. The third kappa shape index (κ3) is 2.55. The van der Waals surface area contributed by atoms with E-state index >= 15 is 0 Å². The van der Waals surface area contributed by atoms with Gasteiger partial charge >= 0.3 is 0 Å². The second-order valence-corrected chi connectivity index (χ2v) is 5.08. The van der Waals surface area contributed by atoms with Gasteiger partial charge in [0, 0.05) is 0 Å². The highest BCUT2D eigenvalue weighted by Gasteiger charge is 2.03. The van der Waals surface area contributed by atoms with E-state index in [-0.39, 0.29) is 10.3 Å². The van der Waals surface area contributed by atoms with Crippen molar-refractivity contribution in [3.63, 3.8) is 0 Å². The first-order valence-electron chi connectivity index (χ1n) is 6.51. The number of fused-ring (bicyclic) bond motifs is 1. The van der Waals surface area contributed by atoms with Crippen molar-refractivity contribution >= 4 is 29.3 Å². The van der Waals surface area contributed by atoms with Crippen molar-refractivity contribution in [1.29, 1.82) is 0 Å². The van der Waals surface area contributed by atoms with Crippen LogP contribution < -0.4 is 5.56 Å². The maximum atomic E-state index is 12.4. The van der Waals surface area contributed by atoms with Crippen molar-refractivity contribution in [3.8, 4) is 0 Å². The van der Waals surface area contributed by atoms with Crippen LogP contribution >= 0.6 is 12.2 Å². The van der Waals surface area contributed by atoms with Gasteiger partial charge in [-0.05, 0) is 42.4 Å². The molecular weight excluding hydrogens is 282 g/mol. The van der Waals surface area contributed by atoms with E-state index in [0.717, 1.165) is 16.6 Å². The number of benzene rings is 2. The third-order valence-corrected chi connectivity index (χ3v) is 3.56. The van der Waals surface area contributed by atoms with Crippen LogP contribution in [0.15, 0.2) is 58.4 Å². The van der Waals surface area contributed by atoms with Crippen molar-refractivity contribution in [2.45, 2.75) is 6.92 Å². The zero-order valence-corrected chi connectivity index (χ0v) is 12.2. The lowest BCUT2D eigenvalue weighted by Gasteiger charge is -2.03. The molecule has 0 saturated carbocycles. The molecule has 4 nitrogen and oxygen atoms in total. The number of H-pyrrole nitrogens is 1. The Kier molecular flexibility index (Phi) is 3.50. The minimum Gasteiger partial charge on any atom is -0.330 e. The Hall–Kier alpha value is -2.53. The summed E-state index contributed by atoms with van der Waals surface area (Å²) in [5.74, 6) is 0. The summed E-state index contributed by atoms with van der Waals surface area (Å²) in [6.45, 7) is 1.99. The van der Waals surface area contributed by atoms with Crippen molar-refractivity contribution in [1.82, 2.24) is 9.66 Å². The molecule has 3 rings (SSSR count). The van der Waals surface area contributed by atoms with Gasteiger partial charge in [-0.2, -0.15) is 9.78 Å². The summed E-state index contributed by atoms with van der Waals surface area (Å²) in [5, 5.41) is 4.79. The number of nitrogens with zero attached hydrogens (tertiary/aromatic N) is 2. The van der Waals surface area contributed by atoms with Gasteiger partial charge in [0.1, 0.15) is 0 Å². The van der Waals surface area contributed by atoms with Gasteiger partial charge in [0.25, 0.3) is 5.56 Å². The molecule has 1 aromatic heterocycles. The molecule has 0 radical (unpaired) electrons. The molecular formula is C16H13N3OS. The van der Waals surface area contributed by atoms with Gasteiger partial charge < -0.3 is 4.98 Å². The lowest BCUT2D eigenvalue weighted by atomic mass is 10.1. The Labute approximate surface area is 126 Å². The Balaban J connectivity index is 2.16. The molecule has 0 amide bonds. The Morgan fingerprint density at radius 3 is 2.67 bits per heavy atom. The fourth-order valence-corrected chi connectivity index (χ4v) is 2.35. The summed E-state index contributed by atoms with van der Waals surface area (Å²) in [5.41, 5.74) is 2.53. The molecule has 0 aliphatic rings. The Morgan fingerprint density at radius 1 is 1.14 bits per heavy atom. The molecule has 21 heavy (non-hydrogen) atoms. The van der Waals surface area contributed by atoms with Gasteiger partial charge in [0.2, 0.25) is 4.77 Å². The van der Waals surface area contributed by atoms with Crippen molar-refractivity contribution in [3.05, 3.63) is 74.8 Å². The quantitative estimate of drug-likeness (QED) is 0.583. The van der Waals surface area contributed by atoms with E-state index in [2.05, 4.69) is 10.1 Å². The van der Waals surface area contributed by atoms with Crippen molar-refractivity contribution in [2.24, 2.45) is 5.10 Å². The van der Waals surface area contributed by atoms with E-state index in [4.69, 9.17) is 12.2 Å². The third-order valence-electron chi connectivity index (χ3n) is 3.28. The van der Waals surface area contributed by atoms with Crippen LogP contribution in [0.25, 0.3) is 10.9 Å². The first-order valence-corrected chi connectivity index (χ1v) is 6.92. The number of para-hydroxylation sites is 1. The van der Waals surface area contributed by atoms with Gasteiger partial charge in [-0.15, -0.1) is 0 Å². The summed E-state index contributed by atoms with van der Waals surface area (Å²) in [6, 6.07) is 15.1. The van der Waals surface area contributed by atoms with Crippen LogP contribution in [-0.2, 0) is 0 Å². The first-order chi connectivity index (χ1) is 10.2. The van der Waals surface area contributed by atoms with Crippen LogP contribution in [0, 0.1) is 11.7 Å². The van der Waals surface area contributed by atoms with Crippen LogP contribution in [0.3, 0.4) is 0 Å². The number of hydrogen-bond donors (Lipinski definition) is 1. The molecule has 1 N–H and O–H groups in total. The normalized spacial score (nSPS) is 11.3. The molecule has 1 heterocycles. The maximum absolute atomic E-state index is 12.4. The van der Waals surface area contributed by atoms with Crippen LogP contribution in [0.2, 0.25) is 0 Å². The topological polar surface area (TPSA) is 50.1 Å². The molecule has 104 valence electrons. The predicted octanol–water partition coefficient (Wildman–Crippen LogP) is 3.25. The largest absolute Gasteiger partial charge is 0.330 e. The number of nitrogens with one attached hydrogen (secondary N) is 1. The lowest BCUT2D eigenvalue weighted by Crippen LogP contribution is -2.18. The fraction of sp³-hybridized carbons (Fsp3) is 0.0625. The molecule has 5 heteroatoms. The summed E-state index contributed by atoms with van der Waals surface area (Å²) in [6.07, 6.45) is 1.65. The molecule has 3 aromatic rings. The van der Waals surface area contributed by atoms with E-state index in [9.17, 15) is 4.79 Å². The van der Waals surface area contributed by atoms with Crippen molar-refractivity contribution in [2.75, 3.05) is 0 Å². The molecule has 0 bridgehead atoms. The Morgan fingerprint density at radius 2 is 1.86 bits per heavy atom. The molecule has 0 atom stereocenters. The zero-order valence-electron chi connectivity index (χ0n) is 11.4.